The third-order valence-electron chi connectivity index (χ3n) is 4.21. The maximum absolute atomic E-state index is 12.4. The minimum absolute atomic E-state index is 0.0381. The number of hydrogen-bond donors (Lipinski definition) is 1. The second-order valence-electron chi connectivity index (χ2n) is 5.83. The van der Waals surface area contributed by atoms with Crippen LogP contribution in [-0.2, 0) is 0 Å². The highest BCUT2D eigenvalue weighted by molar-refractivity contribution is 5.94. The molecule has 1 unspecified atom stereocenters. The lowest BCUT2D eigenvalue weighted by atomic mass is 10.0. The second-order valence-corrected chi connectivity index (χ2v) is 5.83. The van der Waals surface area contributed by atoms with Crippen LogP contribution in [0, 0.1) is 0 Å². The van der Waals surface area contributed by atoms with Crippen LogP contribution in [0.4, 0.5) is 5.69 Å². The number of nitrogens with zero attached hydrogens (tertiary/aromatic N) is 1. The second kappa shape index (κ2) is 7.18. The third-order valence-corrected chi connectivity index (χ3v) is 4.21. The van der Waals surface area contributed by atoms with Gasteiger partial charge in [-0.25, -0.2) is 0 Å². The molecule has 0 spiro atoms. The van der Waals surface area contributed by atoms with Crippen LogP contribution in [0.25, 0.3) is 0 Å². The number of ether oxygens (including phenoxy) is 1. The predicted octanol–water partition coefficient (Wildman–Crippen LogP) is 3.09. The van der Waals surface area contributed by atoms with Crippen molar-refractivity contribution in [1.82, 2.24) is 5.32 Å². The Morgan fingerprint density at radius 3 is 2.78 bits per heavy atom. The van der Waals surface area contributed by atoms with E-state index in [0.29, 0.717) is 11.3 Å². The Bertz CT molecular complexity index is 657. The lowest BCUT2D eigenvalue weighted by Gasteiger charge is -2.34. The summed E-state index contributed by atoms with van der Waals surface area (Å²) in [5, 5.41) is 3.15. The largest absolute Gasteiger partial charge is 0.497 e. The smallest absolute Gasteiger partial charge is 0.251 e. The topological polar surface area (TPSA) is 41.6 Å². The Morgan fingerprint density at radius 1 is 1.17 bits per heavy atom. The average molecular weight is 310 g/mol. The van der Waals surface area contributed by atoms with Gasteiger partial charge in [-0.3, -0.25) is 4.79 Å². The highest BCUT2D eigenvalue weighted by Crippen LogP contribution is 2.20. The number of nitrogens with one attached hydrogen (secondary N) is 1. The molecule has 0 aromatic heterocycles. The maximum Gasteiger partial charge on any atom is 0.251 e. The summed E-state index contributed by atoms with van der Waals surface area (Å²) < 4.78 is 5.18. The molecule has 1 N–H and O–H groups in total. The van der Waals surface area contributed by atoms with Crippen molar-refractivity contribution in [2.75, 3.05) is 25.1 Å². The average Bonchev–Trinajstić information content (AvgIpc) is 2.63. The van der Waals surface area contributed by atoms with E-state index >= 15 is 0 Å². The van der Waals surface area contributed by atoms with Gasteiger partial charge in [-0.1, -0.05) is 24.3 Å². The molecule has 2 aromatic carbocycles. The standard InChI is InChI=1S/C19H22N2O2/c1-23-18-11-5-7-15(13-18)19(22)20-16-8-6-12-21(14-16)17-9-3-2-4-10-17/h2-5,7,9-11,13,16H,6,8,12,14H2,1H3,(H,20,22). The Morgan fingerprint density at radius 2 is 2.00 bits per heavy atom. The van der Waals surface area contributed by atoms with Crippen LogP contribution in [0.5, 0.6) is 5.75 Å². The molecule has 120 valence electrons. The van der Waals surface area contributed by atoms with Crippen LogP contribution in [0.2, 0.25) is 0 Å². The van der Waals surface area contributed by atoms with Gasteiger partial charge in [0, 0.05) is 30.4 Å². The number of carbonyl (C=O) groups is 1. The molecule has 0 saturated carbocycles. The lowest BCUT2D eigenvalue weighted by Crippen LogP contribution is -2.47. The molecule has 1 aliphatic heterocycles. The quantitative estimate of drug-likeness (QED) is 0.943. The summed E-state index contributed by atoms with van der Waals surface area (Å²) in [5.41, 5.74) is 1.86. The number of carbonyl (C=O) groups excluding carboxylic acids is 1. The van der Waals surface area contributed by atoms with Gasteiger partial charge in [0.25, 0.3) is 5.91 Å². The van der Waals surface area contributed by atoms with E-state index in [4.69, 9.17) is 4.74 Å². The molecule has 1 saturated heterocycles. The fourth-order valence-corrected chi connectivity index (χ4v) is 3.00. The van der Waals surface area contributed by atoms with Gasteiger partial charge in [-0.05, 0) is 43.2 Å². The van der Waals surface area contributed by atoms with Gasteiger partial charge in [0.15, 0.2) is 0 Å². The molecular weight excluding hydrogens is 288 g/mol. The normalized spacial score (nSPS) is 17.6. The van der Waals surface area contributed by atoms with Crippen LogP contribution in [0.15, 0.2) is 54.6 Å². The zero-order valence-corrected chi connectivity index (χ0v) is 13.4. The van der Waals surface area contributed by atoms with Gasteiger partial charge < -0.3 is 15.0 Å². The zero-order valence-electron chi connectivity index (χ0n) is 13.4. The molecule has 1 aliphatic rings. The van der Waals surface area contributed by atoms with E-state index in [0.717, 1.165) is 25.9 Å². The highest BCUT2D eigenvalue weighted by atomic mass is 16.5. The summed E-state index contributed by atoms with van der Waals surface area (Å²) in [6, 6.07) is 17.8. The summed E-state index contributed by atoms with van der Waals surface area (Å²) in [5.74, 6) is 0.663. The van der Waals surface area contributed by atoms with Crippen molar-refractivity contribution >= 4 is 11.6 Å². The number of amides is 1. The van der Waals surface area contributed by atoms with Crippen LogP contribution < -0.4 is 15.0 Å². The number of anilines is 1. The van der Waals surface area contributed by atoms with Crippen molar-refractivity contribution in [3.63, 3.8) is 0 Å². The van der Waals surface area contributed by atoms with Gasteiger partial charge in [-0.15, -0.1) is 0 Å². The van der Waals surface area contributed by atoms with Crippen LogP contribution in [0.1, 0.15) is 23.2 Å². The molecule has 4 nitrogen and oxygen atoms in total. The number of para-hydroxylation sites is 1. The predicted molar refractivity (Wildman–Crippen MR) is 92.1 cm³/mol. The van der Waals surface area contributed by atoms with E-state index in [1.807, 2.05) is 36.4 Å². The molecule has 0 aliphatic carbocycles. The molecule has 1 amide bonds. The van der Waals surface area contributed by atoms with E-state index in [1.54, 1.807) is 13.2 Å². The first-order valence-corrected chi connectivity index (χ1v) is 8.01. The minimum atomic E-state index is -0.0381. The third kappa shape index (κ3) is 3.83. The number of benzene rings is 2. The van der Waals surface area contributed by atoms with Gasteiger partial charge in [0.1, 0.15) is 5.75 Å². The highest BCUT2D eigenvalue weighted by Gasteiger charge is 2.22. The molecule has 4 heteroatoms. The Hall–Kier alpha value is -2.49. The van der Waals surface area contributed by atoms with Crippen molar-refractivity contribution in [2.24, 2.45) is 0 Å². The fraction of sp³-hybridized carbons (Fsp3) is 0.316. The zero-order chi connectivity index (χ0) is 16.1. The first-order chi connectivity index (χ1) is 11.3. The number of rotatable bonds is 4. The van der Waals surface area contributed by atoms with Crippen molar-refractivity contribution in [2.45, 2.75) is 18.9 Å². The Labute approximate surface area is 137 Å². The molecule has 2 aromatic rings. The first-order valence-electron chi connectivity index (χ1n) is 8.01. The monoisotopic (exact) mass is 310 g/mol. The number of piperidine rings is 1. The summed E-state index contributed by atoms with van der Waals surface area (Å²) in [7, 11) is 1.61. The van der Waals surface area contributed by atoms with Crippen molar-refractivity contribution < 1.29 is 9.53 Å². The molecule has 0 radical (unpaired) electrons. The molecular formula is C19H22N2O2. The molecule has 1 heterocycles. The Balaban J connectivity index is 1.64. The van der Waals surface area contributed by atoms with Crippen LogP contribution in [0.3, 0.4) is 0 Å². The van der Waals surface area contributed by atoms with Gasteiger partial charge in [0.2, 0.25) is 0 Å². The minimum Gasteiger partial charge on any atom is -0.497 e. The van der Waals surface area contributed by atoms with E-state index in [1.165, 1.54) is 5.69 Å². The van der Waals surface area contributed by atoms with E-state index in [2.05, 4.69) is 22.3 Å². The van der Waals surface area contributed by atoms with Gasteiger partial charge >= 0.3 is 0 Å². The lowest BCUT2D eigenvalue weighted by molar-refractivity contribution is 0.0933. The van der Waals surface area contributed by atoms with Crippen molar-refractivity contribution in [3.8, 4) is 5.75 Å². The van der Waals surface area contributed by atoms with Gasteiger partial charge in [-0.2, -0.15) is 0 Å². The summed E-state index contributed by atoms with van der Waals surface area (Å²) in [6.45, 7) is 1.88. The fourth-order valence-electron chi connectivity index (χ4n) is 3.00. The molecule has 1 fully saturated rings. The summed E-state index contributed by atoms with van der Waals surface area (Å²) in [4.78, 5) is 14.8. The van der Waals surface area contributed by atoms with Gasteiger partial charge in [0.05, 0.1) is 7.11 Å². The van der Waals surface area contributed by atoms with Crippen molar-refractivity contribution in [1.29, 1.82) is 0 Å². The number of hydrogen-bond acceptors (Lipinski definition) is 3. The number of methoxy groups -OCH3 is 1. The summed E-state index contributed by atoms with van der Waals surface area (Å²) >= 11 is 0. The van der Waals surface area contributed by atoms with Crippen molar-refractivity contribution in [3.05, 3.63) is 60.2 Å². The van der Waals surface area contributed by atoms with E-state index in [-0.39, 0.29) is 11.9 Å². The first kappa shape index (κ1) is 15.4. The Kier molecular flexibility index (Phi) is 4.81. The van der Waals surface area contributed by atoms with Crippen LogP contribution >= 0.6 is 0 Å². The molecule has 23 heavy (non-hydrogen) atoms. The summed E-state index contributed by atoms with van der Waals surface area (Å²) in [6.07, 6.45) is 2.09. The van der Waals surface area contributed by atoms with E-state index < -0.39 is 0 Å². The molecule has 0 bridgehead atoms. The van der Waals surface area contributed by atoms with Crippen LogP contribution in [-0.4, -0.2) is 32.1 Å². The van der Waals surface area contributed by atoms with E-state index in [9.17, 15) is 4.79 Å². The molecule has 1 atom stereocenters. The maximum atomic E-state index is 12.4. The molecule has 3 rings (SSSR count). The SMILES string of the molecule is COc1cccc(C(=O)NC2CCCN(c3ccccc3)C2)c1.